The molecule has 0 unspecified atom stereocenters. The molecule has 27 heavy (non-hydrogen) atoms. The van der Waals surface area contributed by atoms with Crippen molar-refractivity contribution < 1.29 is 14.6 Å². The molecule has 0 radical (unpaired) electrons. The summed E-state index contributed by atoms with van der Waals surface area (Å²) in [5, 5.41) is 31.4. The molecular formula is C15H16N6O5S. The number of nitro benzene ring substituents is 2. The number of anilines is 1. The van der Waals surface area contributed by atoms with E-state index in [9.17, 15) is 20.2 Å². The van der Waals surface area contributed by atoms with Crippen LogP contribution in [-0.2, 0) is 4.74 Å². The smallest absolute Gasteiger partial charge is 0.290 e. The molecule has 4 rings (SSSR count). The Labute approximate surface area is 157 Å². The predicted octanol–water partition coefficient (Wildman–Crippen LogP) is 2.42. The fourth-order valence-electron chi connectivity index (χ4n) is 2.92. The Balaban J connectivity index is 1.68. The molecule has 11 nitrogen and oxygen atoms in total. The molecule has 12 heteroatoms. The summed E-state index contributed by atoms with van der Waals surface area (Å²) in [5.74, 6) is 0.743. The first-order valence-corrected chi connectivity index (χ1v) is 9.24. The third-order valence-electron chi connectivity index (χ3n) is 4.40. The number of non-ortho nitro benzene ring substituents is 1. The highest BCUT2D eigenvalue weighted by molar-refractivity contribution is 7.99. The van der Waals surface area contributed by atoms with Crippen molar-refractivity contribution in [3.63, 3.8) is 0 Å². The van der Waals surface area contributed by atoms with Gasteiger partial charge in [-0.05, 0) is 30.7 Å². The summed E-state index contributed by atoms with van der Waals surface area (Å²) in [6.45, 7) is 2.67. The van der Waals surface area contributed by atoms with Crippen molar-refractivity contribution in [1.82, 2.24) is 14.8 Å². The lowest BCUT2D eigenvalue weighted by Crippen LogP contribution is -2.38. The first-order valence-electron chi connectivity index (χ1n) is 8.43. The lowest BCUT2D eigenvalue weighted by molar-refractivity contribution is -0.396. The summed E-state index contributed by atoms with van der Waals surface area (Å²) in [7, 11) is 0. The van der Waals surface area contributed by atoms with E-state index in [4.69, 9.17) is 4.74 Å². The summed E-state index contributed by atoms with van der Waals surface area (Å²) >= 11 is 1.11. The highest BCUT2D eigenvalue weighted by atomic mass is 32.2. The van der Waals surface area contributed by atoms with Gasteiger partial charge in [0.15, 0.2) is 5.16 Å². The van der Waals surface area contributed by atoms with Crippen molar-refractivity contribution in [1.29, 1.82) is 0 Å². The maximum absolute atomic E-state index is 11.4. The first-order chi connectivity index (χ1) is 13.0. The van der Waals surface area contributed by atoms with Gasteiger partial charge in [0.2, 0.25) is 5.95 Å². The van der Waals surface area contributed by atoms with Crippen molar-refractivity contribution in [3.8, 4) is 0 Å². The second kappa shape index (κ2) is 7.12. The zero-order valence-electron chi connectivity index (χ0n) is 14.2. The number of hydrogen-bond donors (Lipinski definition) is 0. The number of hydrogen-bond acceptors (Lipinski definition) is 9. The maximum atomic E-state index is 11.4. The Morgan fingerprint density at radius 1 is 1.11 bits per heavy atom. The zero-order valence-corrected chi connectivity index (χ0v) is 15.0. The minimum Gasteiger partial charge on any atom is -0.378 e. The van der Waals surface area contributed by atoms with Gasteiger partial charge >= 0.3 is 0 Å². The van der Waals surface area contributed by atoms with Crippen LogP contribution in [0.4, 0.5) is 17.3 Å². The third-order valence-corrected chi connectivity index (χ3v) is 5.43. The Morgan fingerprint density at radius 2 is 1.85 bits per heavy atom. The van der Waals surface area contributed by atoms with Crippen LogP contribution in [0.15, 0.2) is 28.3 Å². The normalized spacial score (nSPS) is 17.1. The van der Waals surface area contributed by atoms with Gasteiger partial charge in [-0.2, -0.15) is 0 Å². The maximum Gasteiger partial charge on any atom is 0.290 e. The van der Waals surface area contributed by atoms with E-state index >= 15 is 0 Å². The minimum atomic E-state index is -0.648. The molecule has 2 heterocycles. The largest absolute Gasteiger partial charge is 0.378 e. The van der Waals surface area contributed by atoms with Crippen LogP contribution in [0.5, 0.6) is 0 Å². The fraction of sp³-hybridized carbons (Fsp3) is 0.467. The van der Waals surface area contributed by atoms with Gasteiger partial charge in [-0.3, -0.25) is 24.8 Å². The number of ether oxygens (including phenoxy) is 1. The average molecular weight is 392 g/mol. The highest BCUT2D eigenvalue weighted by Gasteiger charge is 2.33. The van der Waals surface area contributed by atoms with Crippen LogP contribution in [0.2, 0.25) is 0 Å². The topological polar surface area (TPSA) is 129 Å². The van der Waals surface area contributed by atoms with Crippen molar-refractivity contribution in [3.05, 3.63) is 38.4 Å². The monoisotopic (exact) mass is 392 g/mol. The minimum absolute atomic E-state index is 0.275. The van der Waals surface area contributed by atoms with E-state index in [1.165, 1.54) is 12.1 Å². The summed E-state index contributed by atoms with van der Waals surface area (Å²) < 4.78 is 7.39. The molecule has 1 aromatic carbocycles. The molecule has 2 aliphatic rings. The SMILES string of the molecule is O=[N+]([O-])c1ccc(Sc2nnc(N3CCOCC3)n2C2CC2)c([N+](=O)[O-])c1. The van der Waals surface area contributed by atoms with E-state index in [0.717, 1.165) is 36.6 Å². The zero-order chi connectivity index (χ0) is 19.0. The van der Waals surface area contributed by atoms with Crippen molar-refractivity contribution in [2.24, 2.45) is 0 Å². The average Bonchev–Trinajstić information content (AvgIpc) is 3.42. The van der Waals surface area contributed by atoms with E-state index in [2.05, 4.69) is 15.1 Å². The van der Waals surface area contributed by atoms with Gasteiger partial charge in [-0.15, -0.1) is 10.2 Å². The third kappa shape index (κ3) is 3.57. The Bertz CT molecular complexity index is 893. The molecular weight excluding hydrogens is 376 g/mol. The van der Waals surface area contributed by atoms with Crippen LogP contribution < -0.4 is 4.90 Å². The van der Waals surface area contributed by atoms with Crippen LogP contribution >= 0.6 is 11.8 Å². The molecule has 0 spiro atoms. The van der Waals surface area contributed by atoms with Crippen molar-refractivity contribution in [2.45, 2.75) is 28.9 Å². The van der Waals surface area contributed by atoms with Gasteiger partial charge in [-0.1, -0.05) is 0 Å². The lowest BCUT2D eigenvalue weighted by atomic mass is 10.3. The number of aromatic nitrogens is 3. The van der Waals surface area contributed by atoms with E-state index in [0.29, 0.717) is 36.4 Å². The molecule has 1 saturated heterocycles. The van der Waals surface area contributed by atoms with Gasteiger partial charge in [0.1, 0.15) is 0 Å². The number of nitrogens with zero attached hydrogens (tertiary/aromatic N) is 6. The first kappa shape index (κ1) is 17.7. The van der Waals surface area contributed by atoms with E-state index in [1.807, 2.05) is 4.57 Å². The predicted molar refractivity (Wildman–Crippen MR) is 95.2 cm³/mol. The van der Waals surface area contributed by atoms with Gasteiger partial charge in [0.05, 0.1) is 34.0 Å². The second-order valence-electron chi connectivity index (χ2n) is 6.25. The number of benzene rings is 1. The molecule has 0 N–H and O–H groups in total. The van der Waals surface area contributed by atoms with Crippen LogP contribution in [0, 0.1) is 20.2 Å². The van der Waals surface area contributed by atoms with E-state index in [1.54, 1.807) is 0 Å². The van der Waals surface area contributed by atoms with Crippen LogP contribution in [0.3, 0.4) is 0 Å². The molecule has 1 aromatic heterocycles. The van der Waals surface area contributed by atoms with Gasteiger partial charge in [0.25, 0.3) is 11.4 Å². The summed E-state index contributed by atoms with van der Waals surface area (Å²) in [5.41, 5.74) is -0.629. The molecule has 1 aliphatic heterocycles. The van der Waals surface area contributed by atoms with Crippen LogP contribution in [-0.4, -0.2) is 50.9 Å². The lowest BCUT2D eigenvalue weighted by Gasteiger charge is -2.27. The van der Waals surface area contributed by atoms with Gasteiger partial charge in [0, 0.05) is 25.2 Å². The molecule has 0 atom stereocenters. The summed E-state index contributed by atoms with van der Waals surface area (Å²) in [4.78, 5) is 23.4. The standard InChI is InChI=1S/C15H16N6O5S/c22-20(23)11-3-4-13(12(9-11)21(24)25)27-15-17-16-14(19(15)10-1-2-10)18-5-7-26-8-6-18/h3-4,9-10H,1-2,5-8H2. The summed E-state index contributed by atoms with van der Waals surface area (Å²) in [6.07, 6.45) is 2.01. The van der Waals surface area contributed by atoms with Crippen LogP contribution in [0.1, 0.15) is 18.9 Å². The molecule has 2 fully saturated rings. The number of rotatable bonds is 6. The van der Waals surface area contributed by atoms with Crippen molar-refractivity contribution >= 4 is 29.1 Å². The molecule has 1 aliphatic carbocycles. The highest BCUT2D eigenvalue weighted by Crippen LogP contribution is 2.44. The number of morpholine rings is 1. The fourth-order valence-corrected chi connectivity index (χ4v) is 3.90. The Hall–Kier alpha value is -2.73. The summed E-state index contributed by atoms with van der Waals surface area (Å²) in [6, 6.07) is 3.90. The van der Waals surface area contributed by atoms with Crippen molar-refractivity contribution in [2.75, 3.05) is 31.2 Å². The number of nitro groups is 2. The van der Waals surface area contributed by atoms with Gasteiger partial charge in [-0.25, -0.2) is 0 Å². The molecule has 0 bridgehead atoms. The molecule has 142 valence electrons. The molecule has 0 amide bonds. The molecule has 2 aromatic rings. The Kier molecular flexibility index (Phi) is 4.66. The van der Waals surface area contributed by atoms with E-state index in [-0.39, 0.29) is 17.4 Å². The quantitative estimate of drug-likeness (QED) is 0.537. The Morgan fingerprint density at radius 3 is 2.48 bits per heavy atom. The van der Waals surface area contributed by atoms with E-state index < -0.39 is 9.85 Å². The molecule has 1 saturated carbocycles. The van der Waals surface area contributed by atoms with Gasteiger partial charge < -0.3 is 9.64 Å². The second-order valence-corrected chi connectivity index (χ2v) is 7.26. The van der Waals surface area contributed by atoms with Crippen LogP contribution in [0.25, 0.3) is 0 Å².